The highest BCUT2D eigenvalue weighted by atomic mass is 16.5. The van der Waals surface area contributed by atoms with Crippen LogP contribution in [0.25, 0.3) is 11.1 Å². The summed E-state index contributed by atoms with van der Waals surface area (Å²) in [5.74, 6) is 1.05. The van der Waals surface area contributed by atoms with Crippen LogP contribution in [-0.2, 0) is 6.42 Å². The molecule has 1 heteroatoms. The maximum atomic E-state index is 5.52. The Balaban J connectivity index is 2.11. The van der Waals surface area contributed by atoms with E-state index in [0.717, 1.165) is 18.8 Å². The smallest absolute Gasteiger partial charge is 0.122 e. The summed E-state index contributed by atoms with van der Waals surface area (Å²) >= 11 is 0. The van der Waals surface area contributed by atoms with Crippen LogP contribution >= 0.6 is 0 Å². The molecule has 0 radical (unpaired) electrons. The van der Waals surface area contributed by atoms with Crippen LogP contribution in [0.2, 0.25) is 0 Å². The van der Waals surface area contributed by atoms with Gasteiger partial charge in [0.1, 0.15) is 5.75 Å². The highest BCUT2D eigenvalue weighted by molar-refractivity contribution is 5.69. The molecule has 1 aliphatic heterocycles. The number of rotatable bonds is 1. The van der Waals surface area contributed by atoms with E-state index in [1.165, 1.54) is 22.3 Å². The van der Waals surface area contributed by atoms with Crippen LogP contribution in [-0.4, -0.2) is 6.61 Å². The predicted octanol–water partition coefficient (Wildman–Crippen LogP) is 3.60. The second-order valence-electron chi connectivity index (χ2n) is 4.24. The van der Waals surface area contributed by atoms with E-state index < -0.39 is 0 Å². The molecule has 2 aromatic rings. The summed E-state index contributed by atoms with van der Waals surface area (Å²) in [6.07, 6.45) is 1.04. The lowest BCUT2D eigenvalue weighted by Gasteiger charge is -2.07. The minimum absolute atomic E-state index is 0.826. The molecule has 0 aromatic heterocycles. The molecule has 1 nitrogen and oxygen atoms in total. The van der Waals surface area contributed by atoms with Crippen molar-refractivity contribution in [1.29, 1.82) is 0 Å². The molecular weight excluding hydrogens is 196 g/mol. The summed E-state index contributed by atoms with van der Waals surface area (Å²) in [4.78, 5) is 0. The first-order valence-electron chi connectivity index (χ1n) is 5.66. The number of fused-ring (bicyclic) bond motifs is 1. The van der Waals surface area contributed by atoms with E-state index in [9.17, 15) is 0 Å². The monoisotopic (exact) mass is 210 g/mol. The molecule has 0 unspecified atom stereocenters. The molecule has 0 spiro atoms. The van der Waals surface area contributed by atoms with Crippen molar-refractivity contribution in [1.82, 2.24) is 0 Å². The second kappa shape index (κ2) is 3.67. The van der Waals surface area contributed by atoms with Crippen LogP contribution in [0.3, 0.4) is 0 Å². The fraction of sp³-hybridized carbons (Fsp3) is 0.200. The molecular formula is C15H14O. The maximum absolute atomic E-state index is 5.52. The topological polar surface area (TPSA) is 9.23 Å². The maximum Gasteiger partial charge on any atom is 0.122 e. The van der Waals surface area contributed by atoms with Crippen LogP contribution in [0.1, 0.15) is 11.1 Å². The number of hydrogen-bond donors (Lipinski definition) is 0. The Bertz CT molecular complexity index is 529. The summed E-state index contributed by atoms with van der Waals surface area (Å²) in [6.45, 7) is 2.98. The third-order valence-corrected chi connectivity index (χ3v) is 3.15. The summed E-state index contributed by atoms with van der Waals surface area (Å²) < 4.78 is 5.52. The van der Waals surface area contributed by atoms with Crippen LogP contribution < -0.4 is 4.74 Å². The van der Waals surface area contributed by atoms with Gasteiger partial charge in [-0.15, -0.1) is 0 Å². The van der Waals surface area contributed by atoms with Crippen molar-refractivity contribution in [3.63, 3.8) is 0 Å². The van der Waals surface area contributed by atoms with E-state index in [1.807, 2.05) is 0 Å². The minimum Gasteiger partial charge on any atom is -0.493 e. The van der Waals surface area contributed by atoms with Gasteiger partial charge in [0, 0.05) is 6.42 Å². The largest absolute Gasteiger partial charge is 0.493 e. The predicted molar refractivity (Wildman–Crippen MR) is 65.8 cm³/mol. The molecule has 16 heavy (non-hydrogen) atoms. The van der Waals surface area contributed by atoms with Crippen molar-refractivity contribution < 1.29 is 4.74 Å². The van der Waals surface area contributed by atoms with Crippen molar-refractivity contribution in [2.24, 2.45) is 0 Å². The van der Waals surface area contributed by atoms with E-state index in [2.05, 4.69) is 49.4 Å². The fourth-order valence-electron chi connectivity index (χ4n) is 2.25. The van der Waals surface area contributed by atoms with Crippen molar-refractivity contribution in [3.8, 4) is 16.9 Å². The summed E-state index contributed by atoms with van der Waals surface area (Å²) in [5.41, 5.74) is 5.27. The first-order valence-corrected chi connectivity index (χ1v) is 5.66. The lowest BCUT2D eigenvalue weighted by atomic mass is 9.98. The number of aryl methyl sites for hydroxylation is 1. The lowest BCUT2D eigenvalue weighted by Crippen LogP contribution is -1.85. The van der Waals surface area contributed by atoms with Gasteiger partial charge in [0.15, 0.2) is 0 Å². The Morgan fingerprint density at radius 3 is 2.81 bits per heavy atom. The van der Waals surface area contributed by atoms with Crippen molar-refractivity contribution in [2.45, 2.75) is 13.3 Å². The number of hydrogen-bond acceptors (Lipinski definition) is 1. The van der Waals surface area contributed by atoms with Crippen LogP contribution in [0.15, 0.2) is 42.5 Å². The van der Waals surface area contributed by atoms with Gasteiger partial charge in [-0.2, -0.15) is 0 Å². The molecule has 0 saturated carbocycles. The van der Waals surface area contributed by atoms with Crippen molar-refractivity contribution in [3.05, 3.63) is 53.6 Å². The SMILES string of the molecule is Cc1ccccc1-c1ccc2c(c1)CCO2. The van der Waals surface area contributed by atoms with E-state index in [-0.39, 0.29) is 0 Å². The average Bonchev–Trinajstić information content (AvgIpc) is 2.76. The summed E-state index contributed by atoms with van der Waals surface area (Å²) in [6, 6.07) is 15.0. The minimum atomic E-state index is 0.826. The molecule has 1 heterocycles. The zero-order valence-electron chi connectivity index (χ0n) is 9.36. The highest BCUT2D eigenvalue weighted by Gasteiger charge is 2.12. The molecule has 0 saturated heterocycles. The summed E-state index contributed by atoms with van der Waals surface area (Å²) in [7, 11) is 0. The van der Waals surface area contributed by atoms with Gasteiger partial charge in [-0.3, -0.25) is 0 Å². The first-order chi connectivity index (χ1) is 7.84. The van der Waals surface area contributed by atoms with Crippen LogP contribution in [0.5, 0.6) is 5.75 Å². The van der Waals surface area contributed by atoms with Crippen molar-refractivity contribution in [2.75, 3.05) is 6.61 Å². The van der Waals surface area contributed by atoms with Gasteiger partial charge in [0.25, 0.3) is 0 Å². The molecule has 0 aliphatic carbocycles. The Kier molecular flexibility index (Phi) is 2.17. The van der Waals surface area contributed by atoms with E-state index in [4.69, 9.17) is 4.74 Å². The Labute approximate surface area is 95.7 Å². The van der Waals surface area contributed by atoms with Gasteiger partial charge in [-0.05, 0) is 41.3 Å². The lowest BCUT2D eigenvalue weighted by molar-refractivity contribution is 0.357. The normalized spacial score (nSPS) is 13.3. The van der Waals surface area contributed by atoms with E-state index in [1.54, 1.807) is 0 Å². The average molecular weight is 210 g/mol. The molecule has 0 atom stereocenters. The third kappa shape index (κ3) is 1.49. The van der Waals surface area contributed by atoms with Crippen molar-refractivity contribution >= 4 is 0 Å². The summed E-state index contributed by atoms with van der Waals surface area (Å²) in [5, 5.41) is 0. The molecule has 0 N–H and O–H groups in total. The molecule has 0 fully saturated rings. The molecule has 3 rings (SSSR count). The van der Waals surface area contributed by atoms with Gasteiger partial charge in [-0.1, -0.05) is 30.3 Å². The first kappa shape index (κ1) is 9.46. The highest BCUT2D eigenvalue weighted by Crippen LogP contribution is 2.31. The molecule has 1 aliphatic rings. The molecule has 80 valence electrons. The van der Waals surface area contributed by atoms with Gasteiger partial charge < -0.3 is 4.74 Å². The Hall–Kier alpha value is -1.76. The van der Waals surface area contributed by atoms with Gasteiger partial charge in [0.05, 0.1) is 6.61 Å². The van der Waals surface area contributed by atoms with Gasteiger partial charge in [-0.25, -0.2) is 0 Å². The van der Waals surface area contributed by atoms with E-state index >= 15 is 0 Å². The fourth-order valence-corrected chi connectivity index (χ4v) is 2.25. The van der Waals surface area contributed by atoms with Crippen LogP contribution in [0, 0.1) is 6.92 Å². The number of ether oxygens (including phenoxy) is 1. The standard InChI is InChI=1S/C15H14O/c1-11-4-2-3-5-14(11)12-6-7-15-13(10-12)8-9-16-15/h2-7,10H,8-9H2,1H3. The van der Waals surface area contributed by atoms with Gasteiger partial charge >= 0.3 is 0 Å². The third-order valence-electron chi connectivity index (χ3n) is 3.15. The zero-order valence-corrected chi connectivity index (χ0v) is 9.36. The Morgan fingerprint density at radius 2 is 1.94 bits per heavy atom. The van der Waals surface area contributed by atoms with E-state index in [0.29, 0.717) is 0 Å². The number of benzene rings is 2. The van der Waals surface area contributed by atoms with Gasteiger partial charge in [0.2, 0.25) is 0 Å². The quantitative estimate of drug-likeness (QED) is 0.698. The molecule has 2 aromatic carbocycles. The molecule has 0 amide bonds. The zero-order chi connectivity index (χ0) is 11.0. The Morgan fingerprint density at radius 1 is 1.06 bits per heavy atom. The molecule has 0 bridgehead atoms. The van der Waals surface area contributed by atoms with Crippen LogP contribution in [0.4, 0.5) is 0 Å². The second-order valence-corrected chi connectivity index (χ2v) is 4.24.